The molecule has 1 aromatic heterocycles. The molecule has 2 aromatic carbocycles. The number of carbonyl (C=O) groups excluding carboxylic acids is 1. The molecule has 0 radical (unpaired) electrons. The van der Waals surface area contributed by atoms with E-state index in [1.165, 1.54) is 6.07 Å². The molecule has 166 valence electrons. The molecule has 33 heavy (non-hydrogen) atoms. The molecule has 2 bridgehead atoms. The van der Waals surface area contributed by atoms with Gasteiger partial charge in [-0.3, -0.25) is 19.3 Å². The molecule has 0 saturated heterocycles. The molecule has 2 aliphatic heterocycles. The number of aromatic hydroxyl groups is 1. The van der Waals surface area contributed by atoms with E-state index in [0.29, 0.717) is 13.3 Å². The minimum atomic E-state index is -0.568. The average Bonchev–Trinajstić information content (AvgIpc) is 3.62. The Morgan fingerprint density at radius 2 is 1.73 bits per heavy atom. The van der Waals surface area contributed by atoms with Gasteiger partial charge in [-0.2, -0.15) is 0 Å². The standard InChI is InChI=1S/C26H23N3O4/c30-20-11-15-28-23(24(20)31)25(32)27-17-29(28)22(18-7-2-1-3-8-18)19-9-4-5-10-21(19)33-16-6-12-26(27)13-14-26/h1-12,15,22,31H,13-14,16-17H2/b12-6-/t22-/m1/s1. The zero-order chi connectivity index (χ0) is 22.6. The number of nitrogens with zero attached hydrogens (tertiary/aromatic N) is 3. The SMILES string of the molecule is O=C1c2c(O)c(=O)ccn2N2CN1C1(/C=C\COc3ccccc3[C@H]2c2ccccc2)CC1. The van der Waals surface area contributed by atoms with E-state index < -0.39 is 16.7 Å². The molecular formula is C26H23N3O4. The van der Waals surface area contributed by atoms with Crippen LogP contribution in [-0.4, -0.2) is 39.4 Å². The number of ether oxygens (including phenoxy) is 1. The van der Waals surface area contributed by atoms with Crippen molar-refractivity contribution in [1.29, 1.82) is 0 Å². The molecule has 7 heteroatoms. The first-order valence-electron chi connectivity index (χ1n) is 11.1. The highest BCUT2D eigenvalue weighted by molar-refractivity contribution is 5.97. The Labute approximate surface area is 190 Å². The predicted molar refractivity (Wildman–Crippen MR) is 123 cm³/mol. The predicted octanol–water partition coefficient (Wildman–Crippen LogP) is 3.18. The molecule has 0 unspecified atom stereocenters. The number of hydrogen-bond acceptors (Lipinski definition) is 5. The van der Waals surface area contributed by atoms with Gasteiger partial charge >= 0.3 is 0 Å². The maximum Gasteiger partial charge on any atom is 0.278 e. The summed E-state index contributed by atoms with van der Waals surface area (Å²) in [4.78, 5) is 27.7. The van der Waals surface area contributed by atoms with Gasteiger partial charge in [-0.05, 0) is 30.5 Å². The van der Waals surface area contributed by atoms with Crippen LogP contribution in [0.5, 0.6) is 11.5 Å². The number of hydrogen-bond donors (Lipinski definition) is 1. The van der Waals surface area contributed by atoms with E-state index >= 15 is 0 Å². The number of benzene rings is 2. The fraction of sp³-hybridized carbons (Fsp3) is 0.231. The Hall–Kier alpha value is -4.00. The molecule has 1 amide bonds. The Morgan fingerprint density at radius 3 is 2.52 bits per heavy atom. The normalized spacial score (nSPS) is 21.5. The van der Waals surface area contributed by atoms with E-state index in [1.54, 1.807) is 15.8 Å². The third kappa shape index (κ3) is 3.03. The van der Waals surface area contributed by atoms with Crippen LogP contribution in [-0.2, 0) is 0 Å². The third-order valence-electron chi connectivity index (χ3n) is 6.75. The summed E-state index contributed by atoms with van der Waals surface area (Å²) in [5.41, 5.74) is 0.916. The number of fused-ring (bicyclic) bond motifs is 6. The van der Waals surface area contributed by atoms with Crippen LogP contribution in [0.25, 0.3) is 0 Å². The average molecular weight is 441 g/mol. The molecule has 1 N–H and O–H groups in total. The van der Waals surface area contributed by atoms with Crippen molar-refractivity contribution in [3.05, 3.63) is 106 Å². The van der Waals surface area contributed by atoms with E-state index in [-0.39, 0.29) is 17.6 Å². The van der Waals surface area contributed by atoms with Gasteiger partial charge in [0, 0.05) is 17.8 Å². The van der Waals surface area contributed by atoms with Crippen LogP contribution in [0.3, 0.4) is 0 Å². The summed E-state index contributed by atoms with van der Waals surface area (Å²) in [6, 6.07) is 18.8. The Kier molecular flexibility index (Phi) is 4.33. The van der Waals surface area contributed by atoms with Crippen molar-refractivity contribution in [3.8, 4) is 11.5 Å². The lowest BCUT2D eigenvalue weighted by atomic mass is 9.97. The molecular weight excluding hydrogens is 418 g/mol. The monoisotopic (exact) mass is 441 g/mol. The maximum atomic E-state index is 13.6. The van der Waals surface area contributed by atoms with Crippen LogP contribution in [0.2, 0.25) is 0 Å². The second-order valence-electron chi connectivity index (χ2n) is 8.70. The van der Waals surface area contributed by atoms with Crippen LogP contribution in [0.15, 0.2) is 83.8 Å². The minimum absolute atomic E-state index is 0.00741. The molecule has 1 atom stereocenters. The quantitative estimate of drug-likeness (QED) is 0.587. The largest absolute Gasteiger partial charge is 0.502 e. The molecule has 3 aromatic rings. The summed E-state index contributed by atoms with van der Waals surface area (Å²) in [6.45, 7) is 0.685. The van der Waals surface area contributed by atoms with E-state index in [9.17, 15) is 14.7 Å². The van der Waals surface area contributed by atoms with Gasteiger partial charge in [-0.25, -0.2) is 0 Å². The van der Waals surface area contributed by atoms with Gasteiger partial charge in [-0.15, -0.1) is 0 Å². The van der Waals surface area contributed by atoms with Crippen molar-refractivity contribution in [2.45, 2.75) is 24.4 Å². The fourth-order valence-electron chi connectivity index (χ4n) is 4.93. The van der Waals surface area contributed by atoms with Crippen molar-refractivity contribution in [2.24, 2.45) is 0 Å². The van der Waals surface area contributed by atoms with Crippen molar-refractivity contribution in [3.63, 3.8) is 0 Å². The highest BCUT2D eigenvalue weighted by Crippen LogP contribution is 2.47. The van der Waals surface area contributed by atoms with Crippen molar-refractivity contribution < 1.29 is 14.6 Å². The molecule has 3 heterocycles. The van der Waals surface area contributed by atoms with E-state index in [2.05, 4.69) is 0 Å². The summed E-state index contributed by atoms with van der Waals surface area (Å²) in [6.07, 6.45) is 7.20. The van der Waals surface area contributed by atoms with Gasteiger partial charge in [0.1, 0.15) is 25.1 Å². The van der Waals surface area contributed by atoms with Crippen molar-refractivity contribution in [2.75, 3.05) is 18.3 Å². The zero-order valence-corrected chi connectivity index (χ0v) is 17.9. The number of carbonyl (C=O) groups is 1. The second kappa shape index (κ2) is 7.27. The summed E-state index contributed by atoms with van der Waals surface area (Å²) in [5.74, 6) is -0.120. The highest BCUT2D eigenvalue weighted by atomic mass is 16.5. The van der Waals surface area contributed by atoms with Gasteiger partial charge in [0.05, 0.1) is 5.54 Å². The highest BCUT2D eigenvalue weighted by Gasteiger charge is 2.52. The molecule has 1 spiro atoms. The molecule has 6 rings (SSSR count). The number of para-hydroxylation sites is 1. The second-order valence-corrected chi connectivity index (χ2v) is 8.70. The van der Waals surface area contributed by atoms with Crippen molar-refractivity contribution >= 4 is 5.91 Å². The lowest BCUT2D eigenvalue weighted by Crippen LogP contribution is -2.58. The Balaban J connectivity index is 1.65. The van der Waals surface area contributed by atoms with Gasteiger partial charge in [0.2, 0.25) is 5.43 Å². The van der Waals surface area contributed by atoms with Crippen LogP contribution in [0.1, 0.15) is 40.5 Å². The third-order valence-corrected chi connectivity index (χ3v) is 6.75. The summed E-state index contributed by atoms with van der Waals surface area (Å²) in [5, 5.41) is 12.7. The summed E-state index contributed by atoms with van der Waals surface area (Å²) in [7, 11) is 0. The van der Waals surface area contributed by atoms with Gasteiger partial charge in [0.25, 0.3) is 5.91 Å². The van der Waals surface area contributed by atoms with Gasteiger partial charge < -0.3 is 14.7 Å². The van der Waals surface area contributed by atoms with Crippen LogP contribution in [0.4, 0.5) is 0 Å². The van der Waals surface area contributed by atoms with E-state index in [0.717, 1.165) is 29.7 Å². The minimum Gasteiger partial charge on any atom is -0.502 e. The fourth-order valence-corrected chi connectivity index (χ4v) is 4.93. The van der Waals surface area contributed by atoms with Gasteiger partial charge in [-0.1, -0.05) is 54.6 Å². The zero-order valence-electron chi connectivity index (χ0n) is 17.9. The summed E-state index contributed by atoms with van der Waals surface area (Å²) < 4.78 is 7.80. The molecule has 3 aliphatic rings. The van der Waals surface area contributed by atoms with Gasteiger partial charge in [0.15, 0.2) is 11.4 Å². The van der Waals surface area contributed by atoms with E-state index in [1.807, 2.05) is 71.8 Å². The van der Waals surface area contributed by atoms with E-state index in [4.69, 9.17) is 4.74 Å². The molecule has 1 aliphatic carbocycles. The number of aromatic nitrogens is 1. The summed E-state index contributed by atoms with van der Waals surface area (Å²) >= 11 is 0. The first kappa shape index (κ1) is 19.7. The molecule has 1 fully saturated rings. The number of rotatable bonds is 1. The van der Waals surface area contributed by atoms with Crippen LogP contribution >= 0.6 is 0 Å². The topological polar surface area (TPSA) is 75.0 Å². The van der Waals surface area contributed by atoms with Crippen LogP contribution in [0, 0.1) is 0 Å². The van der Waals surface area contributed by atoms with Crippen molar-refractivity contribution in [1.82, 2.24) is 9.58 Å². The lowest BCUT2D eigenvalue weighted by Gasteiger charge is -2.46. The first-order chi connectivity index (χ1) is 16.1. The first-order valence-corrected chi connectivity index (χ1v) is 11.1. The maximum absolute atomic E-state index is 13.6. The smallest absolute Gasteiger partial charge is 0.278 e. The molecule has 7 nitrogen and oxygen atoms in total. The number of pyridine rings is 1. The Bertz CT molecular complexity index is 1330. The van der Waals surface area contributed by atoms with Crippen LogP contribution < -0.4 is 15.2 Å². The lowest BCUT2D eigenvalue weighted by molar-refractivity contribution is 0.0606. The number of amides is 1. The Morgan fingerprint density at radius 1 is 0.970 bits per heavy atom. The molecule has 1 saturated carbocycles.